The number of fused-ring (bicyclic) bond motifs is 2. The van der Waals surface area contributed by atoms with Crippen LogP contribution in [0.4, 0.5) is 0 Å². The van der Waals surface area contributed by atoms with Crippen molar-refractivity contribution in [3.8, 4) is 11.5 Å². The second-order valence-electron chi connectivity index (χ2n) is 3.42. The van der Waals surface area contributed by atoms with E-state index in [1.165, 1.54) is 0 Å². The summed E-state index contributed by atoms with van der Waals surface area (Å²) in [6.45, 7) is 1.78. The van der Waals surface area contributed by atoms with Crippen LogP contribution in [0.5, 0.6) is 11.5 Å². The summed E-state index contributed by atoms with van der Waals surface area (Å²) in [6.07, 6.45) is 0.379. The van der Waals surface area contributed by atoms with Crippen molar-refractivity contribution in [2.45, 2.75) is 12.2 Å². The summed E-state index contributed by atoms with van der Waals surface area (Å²) in [6, 6.07) is 7.82. The third-order valence-electron chi connectivity index (χ3n) is 2.51. The van der Waals surface area contributed by atoms with E-state index in [1.807, 2.05) is 24.3 Å². The monoisotopic (exact) mass is 213 g/mol. The van der Waals surface area contributed by atoms with Gasteiger partial charge in [0.25, 0.3) is 0 Å². The van der Waals surface area contributed by atoms with Gasteiger partial charge in [-0.05, 0) is 12.1 Å². The number of nitrogens with one attached hydrogen (secondary N) is 1. The first-order valence-corrected chi connectivity index (χ1v) is 4.56. The van der Waals surface area contributed by atoms with Crippen molar-refractivity contribution in [2.24, 2.45) is 0 Å². The van der Waals surface area contributed by atoms with E-state index in [-0.39, 0.29) is 24.6 Å². The Morgan fingerprint density at radius 3 is 2.00 bits per heavy atom. The molecule has 0 saturated carbocycles. The van der Waals surface area contributed by atoms with Crippen LogP contribution in [-0.4, -0.2) is 25.3 Å². The Balaban J connectivity index is 0.000000750. The van der Waals surface area contributed by atoms with Crippen LogP contribution in [0.1, 0.15) is 0 Å². The highest BCUT2D eigenvalue weighted by atomic mass is 35.5. The largest absolute Gasteiger partial charge is 0.481 e. The van der Waals surface area contributed by atoms with Crippen LogP contribution in [0.2, 0.25) is 0 Å². The fourth-order valence-corrected chi connectivity index (χ4v) is 1.84. The van der Waals surface area contributed by atoms with Crippen molar-refractivity contribution < 1.29 is 9.47 Å². The fourth-order valence-electron chi connectivity index (χ4n) is 1.84. The van der Waals surface area contributed by atoms with Crippen LogP contribution in [-0.2, 0) is 0 Å². The molecule has 0 aliphatic carbocycles. The Hall–Kier alpha value is -0.930. The first-order chi connectivity index (χ1) is 6.43. The predicted octanol–water partition coefficient (Wildman–Crippen LogP) is 1.22. The standard InChI is InChI=1S/C10H11NO2.ClH/c1-2-4-8-7(3-1)12-9-5-11-6-10(9)13-8;/h1-4,9-11H,5-6H2;1H/t9-,10-;/m0./s1. The quantitative estimate of drug-likeness (QED) is 0.703. The number of hydrogen-bond donors (Lipinski definition) is 1. The maximum Gasteiger partial charge on any atom is 0.161 e. The van der Waals surface area contributed by atoms with Crippen molar-refractivity contribution in [2.75, 3.05) is 13.1 Å². The number of hydrogen-bond acceptors (Lipinski definition) is 3. The van der Waals surface area contributed by atoms with Gasteiger partial charge in [-0.25, -0.2) is 0 Å². The minimum absolute atomic E-state index is 0. The zero-order valence-corrected chi connectivity index (χ0v) is 8.42. The number of rotatable bonds is 0. The van der Waals surface area contributed by atoms with Crippen LogP contribution in [0.3, 0.4) is 0 Å². The molecule has 3 nitrogen and oxygen atoms in total. The van der Waals surface area contributed by atoms with Gasteiger partial charge < -0.3 is 14.8 Å². The van der Waals surface area contributed by atoms with Crippen LogP contribution in [0, 0.1) is 0 Å². The topological polar surface area (TPSA) is 30.5 Å². The maximum absolute atomic E-state index is 5.77. The summed E-state index contributed by atoms with van der Waals surface area (Å²) >= 11 is 0. The molecule has 2 aliphatic rings. The van der Waals surface area contributed by atoms with Crippen LogP contribution >= 0.6 is 12.4 Å². The second kappa shape index (κ2) is 3.67. The van der Waals surface area contributed by atoms with Gasteiger partial charge in [-0.2, -0.15) is 0 Å². The molecule has 4 heteroatoms. The molecular weight excluding hydrogens is 202 g/mol. The second-order valence-corrected chi connectivity index (χ2v) is 3.42. The predicted molar refractivity (Wildman–Crippen MR) is 55.4 cm³/mol. The molecule has 0 amide bonds. The van der Waals surface area contributed by atoms with E-state index in [4.69, 9.17) is 9.47 Å². The molecule has 1 N–H and O–H groups in total. The SMILES string of the molecule is Cl.c1ccc2c(c1)O[C@H]1CNC[C@@H]1O2. The first kappa shape index (κ1) is 9.62. The Morgan fingerprint density at radius 2 is 1.50 bits per heavy atom. The molecule has 1 saturated heterocycles. The molecular formula is C10H12ClNO2. The Labute approximate surface area is 88.8 Å². The lowest BCUT2D eigenvalue weighted by atomic mass is 10.2. The highest BCUT2D eigenvalue weighted by Gasteiger charge is 2.35. The van der Waals surface area contributed by atoms with Gasteiger partial charge in [0.2, 0.25) is 0 Å². The summed E-state index contributed by atoms with van der Waals surface area (Å²) in [4.78, 5) is 0. The van der Waals surface area contributed by atoms with Crippen molar-refractivity contribution in [3.63, 3.8) is 0 Å². The Bertz CT molecular complexity index is 301. The smallest absolute Gasteiger partial charge is 0.161 e. The van der Waals surface area contributed by atoms with E-state index in [0.29, 0.717) is 0 Å². The van der Waals surface area contributed by atoms with Gasteiger partial charge in [0, 0.05) is 13.1 Å². The van der Waals surface area contributed by atoms with Gasteiger partial charge in [-0.1, -0.05) is 12.1 Å². The molecule has 0 unspecified atom stereocenters. The van der Waals surface area contributed by atoms with Gasteiger partial charge in [0.05, 0.1) is 0 Å². The molecule has 0 radical (unpaired) electrons. The molecule has 1 fully saturated rings. The summed E-state index contributed by atoms with van der Waals surface area (Å²) in [7, 11) is 0. The molecule has 0 spiro atoms. The third-order valence-corrected chi connectivity index (χ3v) is 2.51. The summed E-state index contributed by atoms with van der Waals surface area (Å²) in [5, 5.41) is 3.25. The molecule has 0 aromatic heterocycles. The molecule has 2 aliphatic heterocycles. The molecule has 1 aromatic rings. The molecule has 76 valence electrons. The Kier molecular flexibility index (Phi) is 2.52. The lowest BCUT2D eigenvalue weighted by Crippen LogP contribution is -2.38. The molecule has 2 atom stereocenters. The first-order valence-electron chi connectivity index (χ1n) is 4.56. The van der Waals surface area contributed by atoms with Crippen molar-refractivity contribution in [3.05, 3.63) is 24.3 Å². The minimum atomic E-state index is 0. The average Bonchev–Trinajstić information content (AvgIpc) is 2.61. The van der Waals surface area contributed by atoms with E-state index < -0.39 is 0 Å². The van der Waals surface area contributed by atoms with Gasteiger partial charge >= 0.3 is 0 Å². The van der Waals surface area contributed by atoms with E-state index in [9.17, 15) is 0 Å². The molecule has 0 bridgehead atoms. The average molecular weight is 214 g/mol. The van der Waals surface area contributed by atoms with Gasteiger partial charge in [0.15, 0.2) is 11.5 Å². The molecule has 1 aromatic carbocycles. The van der Waals surface area contributed by atoms with Gasteiger partial charge in [0.1, 0.15) is 12.2 Å². The number of halogens is 1. The summed E-state index contributed by atoms with van der Waals surface area (Å²) in [5.74, 6) is 1.74. The van der Waals surface area contributed by atoms with Gasteiger partial charge in [-0.15, -0.1) is 12.4 Å². The van der Waals surface area contributed by atoms with E-state index in [0.717, 1.165) is 24.6 Å². The molecule has 3 rings (SSSR count). The lowest BCUT2D eigenvalue weighted by molar-refractivity contribution is 0.0552. The third kappa shape index (κ3) is 1.42. The zero-order valence-electron chi connectivity index (χ0n) is 7.60. The van der Waals surface area contributed by atoms with Crippen LogP contribution in [0.15, 0.2) is 24.3 Å². The van der Waals surface area contributed by atoms with E-state index >= 15 is 0 Å². The highest BCUT2D eigenvalue weighted by molar-refractivity contribution is 5.85. The minimum Gasteiger partial charge on any atom is -0.481 e. The zero-order chi connectivity index (χ0) is 8.67. The van der Waals surface area contributed by atoms with E-state index in [1.54, 1.807) is 0 Å². The highest BCUT2D eigenvalue weighted by Crippen LogP contribution is 2.34. The number of para-hydroxylation sites is 2. The van der Waals surface area contributed by atoms with Crippen molar-refractivity contribution >= 4 is 12.4 Å². The number of ether oxygens (including phenoxy) is 2. The van der Waals surface area contributed by atoms with Gasteiger partial charge in [-0.3, -0.25) is 0 Å². The summed E-state index contributed by atoms with van der Waals surface area (Å²) in [5.41, 5.74) is 0. The van der Waals surface area contributed by atoms with Crippen molar-refractivity contribution in [1.29, 1.82) is 0 Å². The molecule has 2 heterocycles. The normalized spacial score (nSPS) is 27.7. The number of benzene rings is 1. The fraction of sp³-hybridized carbons (Fsp3) is 0.400. The molecule has 14 heavy (non-hydrogen) atoms. The summed E-state index contributed by atoms with van der Waals surface area (Å²) < 4.78 is 11.5. The van der Waals surface area contributed by atoms with Crippen LogP contribution < -0.4 is 14.8 Å². The van der Waals surface area contributed by atoms with Crippen LogP contribution in [0.25, 0.3) is 0 Å². The van der Waals surface area contributed by atoms with Crippen molar-refractivity contribution in [1.82, 2.24) is 5.32 Å². The lowest BCUT2D eigenvalue weighted by Gasteiger charge is -2.28. The Morgan fingerprint density at radius 1 is 1.00 bits per heavy atom. The van der Waals surface area contributed by atoms with E-state index in [2.05, 4.69) is 5.32 Å². The maximum atomic E-state index is 5.77.